The number of nitrogens with zero attached hydrogens (tertiary/aromatic N) is 2. The number of rotatable bonds is 2. The molecule has 1 aliphatic heterocycles. The summed E-state index contributed by atoms with van der Waals surface area (Å²) in [6.45, 7) is 1.64. The van der Waals surface area contributed by atoms with Crippen LogP contribution in [0.1, 0.15) is 17.4 Å². The fraction of sp³-hybridized carbons (Fsp3) is 0.714. The summed E-state index contributed by atoms with van der Waals surface area (Å²) in [5, 5.41) is 19.8. The summed E-state index contributed by atoms with van der Waals surface area (Å²) in [6, 6.07) is 0. The zero-order chi connectivity index (χ0) is 11.7. The van der Waals surface area contributed by atoms with Crippen LogP contribution in [0.25, 0.3) is 4.98 Å². The van der Waals surface area contributed by atoms with E-state index in [4.69, 9.17) is 9.51 Å². The molecule has 66 valence electrons. The Kier molecular flexibility index (Phi) is 2.08. The van der Waals surface area contributed by atoms with Crippen molar-refractivity contribution in [2.24, 2.45) is 0 Å². The zero-order valence-electron chi connectivity index (χ0n) is 9.53. The van der Waals surface area contributed by atoms with E-state index in [-0.39, 0.29) is 0 Å². The quantitative estimate of drug-likeness (QED) is 0.508. The smallest absolute Gasteiger partial charge is 0.338 e. The molecule has 0 bridgehead atoms. The van der Waals surface area contributed by atoms with E-state index in [2.05, 4.69) is 4.98 Å². The molecular formula is C7H10N2OS2. The Morgan fingerprint density at radius 3 is 3.00 bits per heavy atom. The van der Waals surface area contributed by atoms with Gasteiger partial charge < -0.3 is 5.11 Å². The molecule has 5 heteroatoms. The monoisotopic (exact) mass is 205 g/mol. The second-order valence-corrected chi connectivity index (χ2v) is 5.59. The molecule has 0 saturated carbocycles. The van der Waals surface area contributed by atoms with E-state index in [1.165, 1.54) is 23.5 Å². The van der Waals surface area contributed by atoms with Crippen LogP contribution in [-0.4, -0.2) is 15.6 Å². The third-order valence-corrected chi connectivity index (χ3v) is 4.42. The molecule has 3 nitrogen and oxygen atoms in total. The van der Waals surface area contributed by atoms with Gasteiger partial charge in [-0.2, -0.15) is 0 Å². The summed E-state index contributed by atoms with van der Waals surface area (Å²) in [7, 11) is 0. The second kappa shape index (κ2) is 4.06. The number of hydrogen-bond donors (Lipinski definition) is 0. The minimum Gasteiger partial charge on any atom is -0.870 e. The Hall–Kier alpha value is -0.340. The van der Waals surface area contributed by atoms with Gasteiger partial charge >= 0.3 is 6.18 Å². The standard InChI is InChI=1S/C7H10N2OS2/c1-7(11-2-3-12-7)4-6(10)5-9-8/h5H,2-4H2,1H3/b6-5+/i4D2,5D. The van der Waals surface area contributed by atoms with Crippen molar-refractivity contribution in [3.63, 3.8) is 0 Å². The topological polar surface area (TPSA) is 51.2 Å². The van der Waals surface area contributed by atoms with Crippen LogP contribution in [-0.2, 0) is 0 Å². The van der Waals surface area contributed by atoms with Crippen LogP contribution in [0.5, 0.6) is 0 Å². The Morgan fingerprint density at radius 1 is 1.92 bits per heavy atom. The van der Waals surface area contributed by atoms with E-state index < -0.39 is 22.4 Å². The second-order valence-electron chi connectivity index (χ2n) is 2.31. The lowest BCUT2D eigenvalue weighted by Gasteiger charge is -2.23. The molecule has 0 atom stereocenters. The van der Waals surface area contributed by atoms with Crippen molar-refractivity contribution in [3.8, 4) is 0 Å². The van der Waals surface area contributed by atoms with Gasteiger partial charge in [-0.05, 0) is 19.1 Å². The molecule has 1 rings (SSSR count). The molecule has 0 N–H and O–H groups in total. The normalized spacial score (nSPS) is 27.8. The van der Waals surface area contributed by atoms with Gasteiger partial charge in [-0.25, -0.2) is 0 Å². The van der Waals surface area contributed by atoms with Crippen molar-refractivity contribution in [3.05, 3.63) is 16.9 Å². The molecule has 1 aliphatic rings. The lowest BCUT2D eigenvalue weighted by Crippen LogP contribution is -2.17. The maximum absolute atomic E-state index is 11.5. The first-order valence-electron chi connectivity index (χ1n) is 4.86. The minimum atomic E-state index is -2.19. The lowest BCUT2D eigenvalue weighted by molar-refractivity contribution is -0.306. The largest absolute Gasteiger partial charge is 0.870 e. The van der Waals surface area contributed by atoms with E-state index in [0.717, 1.165) is 11.5 Å². The van der Waals surface area contributed by atoms with Gasteiger partial charge in [0.05, 0.1) is 4.08 Å². The van der Waals surface area contributed by atoms with E-state index >= 15 is 0 Å². The highest BCUT2D eigenvalue weighted by Crippen LogP contribution is 2.46. The van der Waals surface area contributed by atoms with Gasteiger partial charge in [0.15, 0.2) is 6.35 Å². The van der Waals surface area contributed by atoms with E-state index in [1.807, 2.05) is 0 Å². The molecule has 0 radical (unpaired) electrons. The first kappa shape index (κ1) is 6.17. The molecule has 0 aromatic rings. The predicted octanol–water partition coefficient (Wildman–Crippen LogP) is 1.63. The molecule has 0 aromatic heterocycles. The van der Waals surface area contributed by atoms with E-state index in [0.29, 0.717) is 0 Å². The van der Waals surface area contributed by atoms with Crippen molar-refractivity contribution in [1.29, 1.82) is 5.39 Å². The Morgan fingerprint density at radius 2 is 2.50 bits per heavy atom. The van der Waals surface area contributed by atoms with Gasteiger partial charge in [-0.15, -0.1) is 23.5 Å². The average Bonchev–Trinajstić information content (AvgIpc) is 2.64. The Labute approximate surface area is 84.4 Å². The van der Waals surface area contributed by atoms with Gasteiger partial charge in [0.1, 0.15) is 0 Å². The van der Waals surface area contributed by atoms with Crippen LogP contribution < -0.4 is 5.11 Å². The SMILES string of the molecule is [2H]/C([N+]#N)=C(\[O-])C([2H])([2H])C1(C)SCCS1. The number of allylic oxidation sites excluding steroid dienone is 1. The molecule has 1 saturated heterocycles. The van der Waals surface area contributed by atoms with Crippen LogP contribution in [0.15, 0.2) is 11.9 Å². The maximum atomic E-state index is 11.5. The van der Waals surface area contributed by atoms with Gasteiger partial charge in [0.25, 0.3) is 0 Å². The predicted molar refractivity (Wildman–Crippen MR) is 51.1 cm³/mol. The zero-order valence-corrected chi connectivity index (χ0v) is 8.17. The van der Waals surface area contributed by atoms with Gasteiger partial charge in [-0.3, -0.25) is 0 Å². The summed E-state index contributed by atoms with van der Waals surface area (Å²) in [5.41, 5.74) is 0. The van der Waals surface area contributed by atoms with Crippen molar-refractivity contribution in [2.45, 2.75) is 17.4 Å². The fourth-order valence-corrected chi connectivity index (χ4v) is 3.48. The van der Waals surface area contributed by atoms with Crippen molar-refractivity contribution >= 4 is 23.5 Å². The first-order valence-corrected chi connectivity index (χ1v) is 5.33. The highest BCUT2D eigenvalue weighted by atomic mass is 32.2. The van der Waals surface area contributed by atoms with Crippen LogP contribution in [0, 0.1) is 5.39 Å². The van der Waals surface area contributed by atoms with Crippen molar-refractivity contribution < 1.29 is 9.22 Å². The van der Waals surface area contributed by atoms with Crippen LogP contribution in [0.2, 0.25) is 0 Å². The number of hydrogen-bond acceptors (Lipinski definition) is 4. The highest BCUT2D eigenvalue weighted by Gasteiger charge is 2.29. The third kappa shape index (κ3) is 2.61. The fourth-order valence-electron chi connectivity index (χ4n) is 0.866. The van der Waals surface area contributed by atoms with Crippen molar-refractivity contribution in [2.75, 3.05) is 11.5 Å². The summed E-state index contributed by atoms with van der Waals surface area (Å²) in [5.74, 6) is 0.476. The van der Waals surface area contributed by atoms with Crippen LogP contribution in [0.3, 0.4) is 0 Å². The molecule has 1 fully saturated rings. The Balaban J connectivity index is 3.07. The minimum absolute atomic E-state index is 0.775. The molecular weight excluding hydrogens is 192 g/mol. The summed E-state index contributed by atoms with van der Waals surface area (Å²) in [6.07, 6.45) is -3.13. The summed E-state index contributed by atoms with van der Waals surface area (Å²) in [4.78, 5) is 2.43. The highest BCUT2D eigenvalue weighted by molar-refractivity contribution is 8.21. The van der Waals surface area contributed by atoms with Crippen LogP contribution in [0.4, 0.5) is 0 Å². The molecule has 1 heterocycles. The molecule has 0 aromatic carbocycles. The number of diazo groups is 1. The average molecular weight is 205 g/mol. The van der Waals surface area contributed by atoms with Gasteiger partial charge in [0, 0.05) is 14.2 Å². The van der Waals surface area contributed by atoms with Gasteiger partial charge in [0.2, 0.25) is 5.39 Å². The summed E-state index contributed by atoms with van der Waals surface area (Å²) >= 11 is 2.71. The summed E-state index contributed by atoms with van der Waals surface area (Å²) < 4.78 is 21.6. The Bertz CT molecular complexity index is 334. The third-order valence-electron chi connectivity index (χ3n) is 1.33. The maximum Gasteiger partial charge on any atom is 0.338 e. The molecule has 0 spiro atoms. The van der Waals surface area contributed by atoms with E-state index in [1.54, 1.807) is 6.92 Å². The lowest BCUT2D eigenvalue weighted by atomic mass is 10.3. The van der Waals surface area contributed by atoms with Crippen molar-refractivity contribution in [1.82, 2.24) is 0 Å². The first-order chi connectivity index (χ1) is 6.85. The molecule has 0 amide bonds. The van der Waals surface area contributed by atoms with Crippen LogP contribution >= 0.6 is 23.5 Å². The molecule has 0 aliphatic carbocycles. The van der Waals surface area contributed by atoms with E-state index in [9.17, 15) is 5.11 Å². The van der Waals surface area contributed by atoms with Gasteiger partial charge in [-0.1, -0.05) is 0 Å². The molecule has 0 unspecified atom stereocenters. The number of thioether (sulfide) groups is 2. The molecule has 12 heavy (non-hydrogen) atoms.